The van der Waals surface area contributed by atoms with Crippen molar-refractivity contribution in [3.8, 4) is 0 Å². The van der Waals surface area contributed by atoms with Crippen molar-refractivity contribution in [3.05, 3.63) is 0 Å². The maximum atomic E-state index is 10.9. The lowest BCUT2D eigenvalue weighted by Crippen LogP contribution is -2.09. The maximum absolute atomic E-state index is 10.9. The second-order valence-electron chi connectivity index (χ2n) is 8.43. The molecule has 0 saturated heterocycles. The lowest BCUT2D eigenvalue weighted by Gasteiger charge is -2.21. The monoisotopic (exact) mass is 660 g/mol. The molecule has 16 nitrogen and oxygen atoms in total. The molecule has 0 aromatic rings. The molecular weight excluding hydrogens is 607 g/mol. The van der Waals surface area contributed by atoms with Crippen LogP contribution in [0.4, 0.5) is 0 Å². The molecule has 3 unspecified atom stereocenters. The summed E-state index contributed by atoms with van der Waals surface area (Å²) in [6, 6.07) is 0. The van der Waals surface area contributed by atoms with Crippen molar-refractivity contribution < 1.29 is 61.2 Å². The molecule has 0 aromatic heterocycles. The molecule has 0 aromatic carbocycles. The van der Waals surface area contributed by atoms with Gasteiger partial charge < -0.3 is 64.8 Å². The minimum Gasteiger partial charge on any atom is -0.777 e. The number of hydrogen-bond donors (Lipinski definition) is 5. The number of unbranched alkanes of at least 4 members (excludes halogenated alkanes) is 9. The van der Waals surface area contributed by atoms with Crippen LogP contribution in [-0.2, 0) is 36.3 Å². The Morgan fingerprint density at radius 3 is 1.20 bits per heavy atom. The van der Waals surface area contributed by atoms with Crippen molar-refractivity contribution in [2.24, 2.45) is 17.2 Å². The van der Waals surface area contributed by atoms with E-state index in [9.17, 15) is 28.4 Å². The van der Waals surface area contributed by atoms with E-state index < -0.39 is 36.4 Å². The topological polar surface area (TPSA) is 285 Å². The van der Waals surface area contributed by atoms with Gasteiger partial charge in [-0.15, -0.1) is 0 Å². The van der Waals surface area contributed by atoms with Crippen molar-refractivity contribution in [2.45, 2.75) is 84.0 Å². The summed E-state index contributed by atoms with van der Waals surface area (Å²) in [6.45, 7) is 3.28. The van der Waals surface area contributed by atoms with Crippen LogP contribution in [0.5, 0.6) is 0 Å². The Kier molecular flexibility index (Phi) is 35.1. The molecule has 0 heterocycles. The van der Waals surface area contributed by atoms with Gasteiger partial charge >= 0.3 is 0 Å². The molecule has 0 aliphatic heterocycles. The van der Waals surface area contributed by atoms with E-state index in [1.165, 1.54) is 0 Å². The smallest absolute Gasteiger partial charge is 0.269 e. The van der Waals surface area contributed by atoms with Gasteiger partial charge in [-0.2, -0.15) is 0 Å². The molecule has 8 N–H and O–H groups in total. The summed E-state index contributed by atoms with van der Waals surface area (Å²) in [4.78, 5) is 32.2. The van der Waals surface area contributed by atoms with E-state index in [4.69, 9.17) is 27.4 Å². The quantitative estimate of drug-likeness (QED) is 0.0491. The van der Waals surface area contributed by atoms with E-state index in [1.54, 1.807) is 6.92 Å². The van der Waals surface area contributed by atoms with Crippen LogP contribution in [0.15, 0.2) is 0 Å². The number of nitrogens with two attached hydrogens (primary N) is 3. The number of phosphoric acid groups is 2. The Morgan fingerprint density at radius 2 is 0.878 bits per heavy atom. The first-order valence-electron chi connectivity index (χ1n) is 13.8. The van der Waals surface area contributed by atoms with E-state index >= 15 is 0 Å². The van der Waals surface area contributed by atoms with Crippen LogP contribution in [-0.4, -0.2) is 69.4 Å². The van der Waals surface area contributed by atoms with E-state index in [1.807, 2.05) is 0 Å². The zero-order valence-electron chi connectivity index (χ0n) is 24.3. The first kappa shape index (κ1) is 45.6. The van der Waals surface area contributed by atoms with Gasteiger partial charge in [-0.25, -0.2) is 0 Å². The zero-order chi connectivity index (χ0) is 31.9. The van der Waals surface area contributed by atoms with Crippen LogP contribution in [0.3, 0.4) is 0 Å². The van der Waals surface area contributed by atoms with Gasteiger partial charge in [-0.1, -0.05) is 38.5 Å². The first-order chi connectivity index (χ1) is 19.4. The van der Waals surface area contributed by atoms with E-state index in [0.29, 0.717) is 32.5 Å². The van der Waals surface area contributed by atoms with Crippen molar-refractivity contribution in [1.29, 1.82) is 0 Å². The van der Waals surface area contributed by atoms with Gasteiger partial charge in [0.1, 0.15) is 6.35 Å². The van der Waals surface area contributed by atoms with E-state index in [0.717, 1.165) is 64.2 Å². The SMILES string of the molecule is CCOP(=O)([O-])OCCCCCCN.NCCCCCCOP(=O)([O-])CO.NCCCCCCOP(=O)([O-])OCO. The highest BCUT2D eigenvalue weighted by atomic mass is 31.2. The Balaban J connectivity index is -0.000000529. The zero-order valence-corrected chi connectivity index (χ0v) is 27.0. The standard InChI is InChI=1S/C8H20NO4P.C7H18NO5P.C7H18NO4P/c1-2-12-14(10,11)13-8-6-4-3-5-7-9;8-5-3-1-2-4-6-12-14(10,11)13-7-9;8-5-3-1-2-4-6-12-13(10,11)7-9/h2-9H2,1H3,(H,10,11);9H,1-8H2,(H,10,11);9H,1-8H2,(H,10,11)/p-3. The van der Waals surface area contributed by atoms with Gasteiger partial charge in [-0.05, 0) is 65.1 Å². The third kappa shape index (κ3) is 40.2. The average molecular weight is 661 g/mol. The lowest BCUT2D eigenvalue weighted by atomic mass is 10.2. The molecule has 252 valence electrons. The van der Waals surface area contributed by atoms with Crippen molar-refractivity contribution in [1.82, 2.24) is 0 Å². The Labute approximate surface area is 245 Å². The fourth-order valence-electron chi connectivity index (χ4n) is 2.70. The van der Waals surface area contributed by atoms with Crippen molar-refractivity contribution in [3.63, 3.8) is 0 Å². The number of rotatable bonds is 26. The molecule has 0 saturated carbocycles. The van der Waals surface area contributed by atoms with Crippen LogP contribution < -0.4 is 31.9 Å². The molecule has 0 spiro atoms. The average Bonchev–Trinajstić information content (AvgIpc) is 2.91. The minimum atomic E-state index is -4.27. The van der Waals surface area contributed by atoms with Gasteiger partial charge in [0, 0.05) is 0 Å². The fraction of sp³-hybridized carbons (Fsp3) is 1.00. The molecule has 0 bridgehead atoms. The molecule has 0 rings (SSSR count). The summed E-state index contributed by atoms with van der Waals surface area (Å²) in [5, 5.41) is 16.5. The molecule has 41 heavy (non-hydrogen) atoms. The summed E-state index contributed by atoms with van der Waals surface area (Å²) in [6.07, 6.45) is 9.66. The van der Waals surface area contributed by atoms with Crippen molar-refractivity contribution in [2.75, 3.05) is 59.2 Å². The molecule has 19 heteroatoms. The predicted octanol–water partition coefficient (Wildman–Crippen LogP) is 1.01. The Morgan fingerprint density at radius 1 is 0.537 bits per heavy atom. The fourth-order valence-corrected chi connectivity index (χ4v) is 4.50. The van der Waals surface area contributed by atoms with Crippen molar-refractivity contribution >= 4 is 23.2 Å². The molecular formula is C22H53N3O13P3-3. The largest absolute Gasteiger partial charge is 0.777 e. The van der Waals surface area contributed by atoms with Crippen LogP contribution in [0.25, 0.3) is 0 Å². The van der Waals surface area contributed by atoms with Gasteiger partial charge in [0.2, 0.25) is 0 Å². The second-order valence-corrected chi connectivity index (χ2v) is 13.0. The molecule has 0 amide bonds. The number of aliphatic hydroxyl groups excluding tert-OH is 2. The second kappa shape index (κ2) is 31.6. The summed E-state index contributed by atoms with van der Waals surface area (Å²) >= 11 is 0. The normalized spacial score (nSPS) is 15.4. The van der Waals surface area contributed by atoms with Gasteiger partial charge in [0.05, 0.1) is 26.4 Å². The van der Waals surface area contributed by atoms with Crippen LogP contribution in [0.1, 0.15) is 84.0 Å². The molecule has 0 aliphatic rings. The highest BCUT2D eigenvalue weighted by Gasteiger charge is 2.08. The van der Waals surface area contributed by atoms with Crippen LogP contribution in [0, 0.1) is 0 Å². The van der Waals surface area contributed by atoms with Gasteiger partial charge in [-0.3, -0.25) is 13.7 Å². The highest BCUT2D eigenvalue weighted by molar-refractivity contribution is 7.51. The van der Waals surface area contributed by atoms with Crippen LogP contribution >= 0.6 is 23.2 Å². The summed E-state index contributed by atoms with van der Waals surface area (Å²) in [7, 11) is -12.2. The maximum Gasteiger partial charge on any atom is 0.269 e. The minimum absolute atomic E-state index is 0.0886. The molecule has 0 aliphatic carbocycles. The predicted molar refractivity (Wildman–Crippen MR) is 150 cm³/mol. The molecule has 0 radical (unpaired) electrons. The van der Waals surface area contributed by atoms with Crippen LogP contribution in [0.2, 0.25) is 0 Å². The lowest BCUT2D eigenvalue weighted by molar-refractivity contribution is -0.231. The van der Waals surface area contributed by atoms with E-state index in [2.05, 4.69) is 22.6 Å². The van der Waals surface area contributed by atoms with E-state index in [-0.39, 0.29) is 26.4 Å². The molecule has 3 atom stereocenters. The Bertz CT molecular complexity index is 658. The number of aliphatic hydroxyl groups is 2. The number of hydrogen-bond acceptors (Lipinski definition) is 16. The first-order valence-corrected chi connectivity index (χ1v) is 18.5. The van der Waals surface area contributed by atoms with Gasteiger partial charge in [0.15, 0.2) is 14.4 Å². The summed E-state index contributed by atoms with van der Waals surface area (Å²) in [5.74, 6) is 0. The molecule has 0 fully saturated rings. The number of phosphoric ester groups is 2. The third-order valence-corrected chi connectivity index (χ3v) is 7.68. The summed E-state index contributed by atoms with van der Waals surface area (Å²) in [5.41, 5.74) is 15.9. The summed E-state index contributed by atoms with van der Waals surface area (Å²) < 4.78 is 54.1. The Hall–Kier alpha value is 0.170. The third-order valence-electron chi connectivity index (χ3n) is 4.76. The van der Waals surface area contributed by atoms with Gasteiger partial charge in [0.25, 0.3) is 15.6 Å². The highest BCUT2D eigenvalue weighted by Crippen LogP contribution is 2.38.